The Hall–Kier alpha value is -2.00. The molecule has 0 amide bonds. The molecule has 3 heteroatoms. The molecule has 0 fully saturated rings. The van der Waals surface area contributed by atoms with Crippen LogP contribution in [0.1, 0.15) is 29.2 Å². The topological polar surface area (TPSA) is 44.5 Å². The molecular weight excluding hydrogens is 250 g/mol. The zero-order valence-corrected chi connectivity index (χ0v) is 11.6. The molecule has 1 unspecified atom stereocenters. The minimum absolute atomic E-state index is 0.196. The van der Waals surface area contributed by atoms with Crippen LogP contribution in [0.2, 0.25) is 0 Å². The smallest absolute Gasteiger partial charge is 0.127 e. The van der Waals surface area contributed by atoms with Gasteiger partial charge in [-0.25, -0.2) is 0 Å². The fourth-order valence-electron chi connectivity index (χ4n) is 2.67. The third-order valence-corrected chi connectivity index (χ3v) is 3.75. The molecule has 1 aliphatic rings. The largest absolute Gasteiger partial charge is 0.497 e. The van der Waals surface area contributed by atoms with E-state index in [2.05, 4.69) is 12.1 Å². The zero-order chi connectivity index (χ0) is 13.9. The second kappa shape index (κ2) is 5.55. The van der Waals surface area contributed by atoms with E-state index >= 15 is 0 Å². The second-order valence-corrected chi connectivity index (χ2v) is 5.04. The van der Waals surface area contributed by atoms with E-state index in [1.165, 1.54) is 5.56 Å². The number of rotatable bonds is 3. The Morgan fingerprint density at radius 3 is 2.90 bits per heavy atom. The first-order valence-electron chi connectivity index (χ1n) is 6.93. The minimum atomic E-state index is -0.196. The van der Waals surface area contributed by atoms with Crippen LogP contribution in [-0.4, -0.2) is 13.7 Å². The van der Waals surface area contributed by atoms with Gasteiger partial charge in [-0.1, -0.05) is 30.3 Å². The third kappa shape index (κ3) is 2.37. The van der Waals surface area contributed by atoms with Gasteiger partial charge in [0.15, 0.2) is 0 Å². The van der Waals surface area contributed by atoms with Gasteiger partial charge in [0.1, 0.15) is 11.5 Å². The molecule has 0 aliphatic carbocycles. The molecule has 20 heavy (non-hydrogen) atoms. The van der Waals surface area contributed by atoms with Gasteiger partial charge < -0.3 is 15.2 Å². The van der Waals surface area contributed by atoms with Gasteiger partial charge in [0, 0.05) is 5.56 Å². The normalized spacial score (nSPS) is 15.1. The molecule has 1 aliphatic heterocycles. The van der Waals surface area contributed by atoms with Gasteiger partial charge in [-0.3, -0.25) is 0 Å². The predicted octanol–water partition coefficient (Wildman–Crippen LogP) is 3.07. The highest BCUT2D eigenvalue weighted by Gasteiger charge is 2.19. The van der Waals surface area contributed by atoms with Crippen molar-refractivity contribution in [3.8, 4) is 11.5 Å². The van der Waals surface area contributed by atoms with E-state index < -0.39 is 0 Å². The van der Waals surface area contributed by atoms with Crippen molar-refractivity contribution in [2.45, 2.75) is 18.9 Å². The number of ether oxygens (including phenoxy) is 2. The van der Waals surface area contributed by atoms with Gasteiger partial charge in [0.2, 0.25) is 0 Å². The first kappa shape index (κ1) is 13.0. The van der Waals surface area contributed by atoms with E-state index in [0.29, 0.717) is 0 Å². The first-order valence-corrected chi connectivity index (χ1v) is 6.93. The average Bonchev–Trinajstić information content (AvgIpc) is 2.53. The highest BCUT2D eigenvalue weighted by atomic mass is 16.5. The number of methoxy groups -OCH3 is 1. The highest BCUT2D eigenvalue weighted by Crippen LogP contribution is 2.35. The molecule has 0 saturated heterocycles. The summed E-state index contributed by atoms with van der Waals surface area (Å²) in [4.78, 5) is 0. The van der Waals surface area contributed by atoms with E-state index in [-0.39, 0.29) is 6.04 Å². The van der Waals surface area contributed by atoms with Crippen LogP contribution in [0.25, 0.3) is 0 Å². The lowest BCUT2D eigenvalue weighted by Gasteiger charge is -2.23. The van der Waals surface area contributed by atoms with Crippen LogP contribution in [0, 0.1) is 0 Å². The number of nitrogens with two attached hydrogens (primary N) is 1. The standard InChI is InChI=1S/C17H19NO2/c1-19-14-8-2-6-13(11-14)16(18)15-9-3-5-12-7-4-10-20-17(12)15/h2-3,5-6,8-9,11,16H,4,7,10,18H2,1H3. The van der Waals surface area contributed by atoms with Crippen LogP contribution < -0.4 is 15.2 Å². The van der Waals surface area contributed by atoms with Crippen LogP contribution in [0.5, 0.6) is 11.5 Å². The summed E-state index contributed by atoms with van der Waals surface area (Å²) in [6.07, 6.45) is 2.14. The van der Waals surface area contributed by atoms with Crippen molar-refractivity contribution in [3.63, 3.8) is 0 Å². The van der Waals surface area contributed by atoms with Gasteiger partial charge in [0.25, 0.3) is 0 Å². The molecule has 3 rings (SSSR count). The van der Waals surface area contributed by atoms with Crippen LogP contribution in [0.4, 0.5) is 0 Å². The molecule has 0 radical (unpaired) electrons. The summed E-state index contributed by atoms with van der Waals surface area (Å²) >= 11 is 0. The van der Waals surface area contributed by atoms with Crippen molar-refractivity contribution >= 4 is 0 Å². The molecule has 2 N–H and O–H groups in total. The van der Waals surface area contributed by atoms with Crippen LogP contribution in [0.15, 0.2) is 42.5 Å². The van der Waals surface area contributed by atoms with Crippen molar-refractivity contribution in [2.24, 2.45) is 5.73 Å². The van der Waals surface area contributed by atoms with Gasteiger partial charge in [-0.2, -0.15) is 0 Å². The molecule has 0 saturated carbocycles. The first-order chi connectivity index (χ1) is 9.79. The Labute approximate surface area is 119 Å². The maximum Gasteiger partial charge on any atom is 0.127 e. The molecule has 1 heterocycles. The van der Waals surface area contributed by atoms with Crippen molar-refractivity contribution in [3.05, 3.63) is 59.2 Å². The van der Waals surface area contributed by atoms with Gasteiger partial charge in [-0.05, 0) is 36.1 Å². The van der Waals surface area contributed by atoms with Gasteiger partial charge in [0.05, 0.1) is 19.8 Å². The Morgan fingerprint density at radius 1 is 1.20 bits per heavy atom. The van der Waals surface area contributed by atoms with Crippen molar-refractivity contribution < 1.29 is 9.47 Å². The van der Waals surface area contributed by atoms with E-state index in [1.807, 2.05) is 30.3 Å². The number of hydrogen-bond acceptors (Lipinski definition) is 3. The Bertz CT molecular complexity index is 610. The van der Waals surface area contributed by atoms with Crippen molar-refractivity contribution in [1.82, 2.24) is 0 Å². The summed E-state index contributed by atoms with van der Waals surface area (Å²) in [6, 6.07) is 13.9. The molecule has 2 aromatic rings. The molecule has 0 spiro atoms. The van der Waals surface area contributed by atoms with E-state index in [9.17, 15) is 0 Å². The SMILES string of the molecule is COc1cccc(C(N)c2cccc3c2OCCC3)c1. The monoisotopic (exact) mass is 269 g/mol. The molecule has 1 atom stereocenters. The lowest BCUT2D eigenvalue weighted by atomic mass is 9.94. The summed E-state index contributed by atoms with van der Waals surface area (Å²) in [5.41, 5.74) is 9.77. The summed E-state index contributed by atoms with van der Waals surface area (Å²) in [7, 11) is 1.66. The third-order valence-electron chi connectivity index (χ3n) is 3.75. The number of aryl methyl sites for hydroxylation is 1. The summed E-state index contributed by atoms with van der Waals surface area (Å²) < 4.78 is 11.1. The van der Waals surface area contributed by atoms with Crippen LogP contribution in [0.3, 0.4) is 0 Å². The van der Waals surface area contributed by atoms with Gasteiger partial charge >= 0.3 is 0 Å². The van der Waals surface area contributed by atoms with E-state index in [4.69, 9.17) is 15.2 Å². The Balaban J connectivity index is 1.99. The van der Waals surface area contributed by atoms with E-state index in [1.54, 1.807) is 7.11 Å². The number of para-hydroxylation sites is 1. The zero-order valence-electron chi connectivity index (χ0n) is 11.6. The molecule has 0 bridgehead atoms. The molecular formula is C17H19NO2. The molecule has 2 aromatic carbocycles. The van der Waals surface area contributed by atoms with Crippen LogP contribution >= 0.6 is 0 Å². The summed E-state index contributed by atoms with van der Waals surface area (Å²) in [6.45, 7) is 0.773. The fourth-order valence-corrected chi connectivity index (χ4v) is 2.67. The Morgan fingerprint density at radius 2 is 2.05 bits per heavy atom. The maximum absolute atomic E-state index is 6.43. The fraction of sp³-hybridized carbons (Fsp3) is 0.294. The summed E-state index contributed by atoms with van der Waals surface area (Å²) in [5.74, 6) is 1.79. The lowest BCUT2D eigenvalue weighted by molar-refractivity contribution is 0.284. The Kier molecular flexibility index (Phi) is 3.61. The average molecular weight is 269 g/mol. The van der Waals surface area contributed by atoms with E-state index in [0.717, 1.165) is 42.1 Å². The minimum Gasteiger partial charge on any atom is -0.497 e. The number of fused-ring (bicyclic) bond motifs is 1. The lowest BCUT2D eigenvalue weighted by Crippen LogP contribution is -2.17. The maximum atomic E-state index is 6.43. The molecule has 0 aromatic heterocycles. The predicted molar refractivity (Wildman–Crippen MR) is 79.3 cm³/mol. The quantitative estimate of drug-likeness (QED) is 0.931. The van der Waals surface area contributed by atoms with Crippen LogP contribution in [-0.2, 0) is 6.42 Å². The van der Waals surface area contributed by atoms with Crippen molar-refractivity contribution in [2.75, 3.05) is 13.7 Å². The number of hydrogen-bond donors (Lipinski definition) is 1. The number of benzene rings is 2. The molecule has 104 valence electrons. The highest BCUT2D eigenvalue weighted by molar-refractivity contribution is 5.48. The molecule has 3 nitrogen and oxygen atoms in total. The van der Waals surface area contributed by atoms with Gasteiger partial charge in [-0.15, -0.1) is 0 Å². The summed E-state index contributed by atoms with van der Waals surface area (Å²) in [5, 5.41) is 0. The van der Waals surface area contributed by atoms with Crippen molar-refractivity contribution in [1.29, 1.82) is 0 Å². The second-order valence-electron chi connectivity index (χ2n) is 5.04.